The summed E-state index contributed by atoms with van der Waals surface area (Å²) in [6, 6.07) is 7.78. The highest BCUT2D eigenvalue weighted by molar-refractivity contribution is 5.80. The Morgan fingerprint density at radius 1 is 1.30 bits per heavy atom. The van der Waals surface area contributed by atoms with E-state index in [1.54, 1.807) is 12.1 Å². The van der Waals surface area contributed by atoms with Gasteiger partial charge < -0.3 is 15.7 Å². The van der Waals surface area contributed by atoms with Crippen LogP contribution in [0.3, 0.4) is 0 Å². The van der Waals surface area contributed by atoms with Gasteiger partial charge in [0, 0.05) is 25.0 Å². The molecule has 4 nitrogen and oxygen atoms in total. The summed E-state index contributed by atoms with van der Waals surface area (Å²) in [6.45, 7) is 3.68. The van der Waals surface area contributed by atoms with Crippen LogP contribution in [0.5, 0.6) is 5.75 Å². The normalized spacial score (nSPS) is 15.8. The van der Waals surface area contributed by atoms with Gasteiger partial charge in [0.1, 0.15) is 5.75 Å². The Kier molecular flexibility index (Phi) is 5.41. The average Bonchev–Trinajstić information content (AvgIpc) is 3.27. The Morgan fingerprint density at radius 2 is 2.00 bits per heavy atom. The molecule has 0 aliphatic heterocycles. The summed E-state index contributed by atoms with van der Waals surface area (Å²) >= 11 is 0. The predicted octanol–water partition coefficient (Wildman–Crippen LogP) is 1.83. The Hall–Kier alpha value is -1.55. The van der Waals surface area contributed by atoms with Gasteiger partial charge in [-0.15, -0.1) is 0 Å². The van der Waals surface area contributed by atoms with Gasteiger partial charge in [0.05, 0.1) is 0 Å². The predicted molar refractivity (Wildman–Crippen MR) is 79.6 cm³/mol. The van der Waals surface area contributed by atoms with Crippen molar-refractivity contribution < 1.29 is 9.90 Å². The summed E-state index contributed by atoms with van der Waals surface area (Å²) < 4.78 is 0. The molecule has 0 heterocycles. The smallest absolute Gasteiger partial charge is 0.223 e. The van der Waals surface area contributed by atoms with Crippen molar-refractivity contribution in [3.8, 4) is 5.75 Å². The first-order valence-electron chi connectivity index (χ1n) is 7.44. The zero-order valence-corrected chi connectivity index (χ0v) is 12.1. The molecule has 1 unspecified atom stereocenters. The molecule has 1 saturated carbocycles. The lowest BCUT2D eigenvalue weighted by molar-refractivity contribution is -0.122. The van der Waals surface area contributed by atoms with Gasteiger partial charge in [-0.3, -0.25) is 4.79 Å². The molecule has 1 aromatic carbocycles. The van der Waals surface area contributed by atoms with E-state index in [0.29, 0.717) is 24.3 Å². The van der Waals surface area contributed by atoms with Crippen molar-refractivity contribution in [3.05, 3.63) is 29.8 Å². The minimum absolute atomic E-state index is 0.212. The number of aryl methyl sites for hydroxylation is 1. The molecule has 0 aromatic heterocycles. The lowest BCUT2D eigenvalue weighted by Crippen LogP contribution is -2.36. The highest BCUT2D eigenvalue weighted by Gasteiger charge is 2.28. The molecule has 0 bridgehead atoms. The van der Waals surface area contributed by atoms with Crippen molar-refractivity contribution in [2.24, 2.45) is 5.92 Å². The number of aromatic hydroxyl groups is 1. The number of benzene rings is 1. The van der Waals surface area contributed by atoms with Gasteiger partial charge >= 0.3 is 0 Å². The highest BCUT2D eigenvalue weighted by Crippen LogP contribution is 2.28. The van der Waals surface area contributed by atoms with Crippen LogP contribution in [0.2, 0.25) is 0 Å². The van der Waals surface area contributed by atoms with Crippen LogP contribution in [0.15, 0.2) is 24.3 Å². The monoisotopic (exact) mass is 276 g/mol. The van der Waals surface area contributed by atoms with E-state index >= 15 is 0 Å². The SMILES string of the molecule is CC(CCc1ccc(O)cc1)NCCNC(=O)C1CC1. The molecule has 1 aliphatic carbocycles. The molecule has 0 radical (unpaired) electrons. The fourth-order valence-electron chi connectivity index (χ4n) is 2.14. The topological polar surface area (TPSA) is 61.4 Å². The van der Waals surface area contributed by atoms with E-state index in [-0.39, 0.29) is 5.91 Å². The van der Waals surface area contributed by atoms with Crippen molar-refractivity contribution in [2.45, 2.75) is 38.6 Å². The fraction of sp³-hybridized carbons (Fsp3) is 0.562. The van der Waals surface area contributed by atoms with E-state index in [1.807, 2.05) is 12.1 Å². The number of hydrogen-bond donors (Lipinski definition) is 3. The molecule has 1 aliphatic rings. The molecular weight excluding hydrogens is 252 g/mol. The first kappa shape index (κ1) is 14.9. The average molecular weight is 276 g/mol. The molecule has 2 rings (SSSR count). The maximum atomic E-state index is 11.4. The van der Waals surface area contributed by atoms with Gasteiger partial charge in [0.25, 0.3) is 0 Å². The Labute approximate surface area is 120 Å². The quantitative estimate of drug-likeness (QED) is 0.635. The van der Waals surface area contributed by atoms with Gasteiger partial charge in [-0.2, -0.15) is 0 Å². The van der Waals surface area contributed by atoms with Gasteiger partial charge in [-0.05, 0) is 50.3 Å². The summed E-state index contributed by atoms with van der Waals surface area (Å²) in [5.41, 5.74) is 1.23. The second-order valence-electron chi connectivity index (χ2n) is 5.63. The van der Waals surface area contributed by atoms with Gasteiger partial charge in [-0.1, -0.05) is 12.1 Å². The first-order chi connectivity index (χ1) is 9.65. The van der Waals surface area contributed by atoms with E-state index in [2.05, 4.69) is 17.6 Å². The largest absolute Gasteiger partial charge is 0.508 e. The summed E-state index contributed by atoms with van der Waals surface area (Å²) in [5.74, 6) is 0.816. The number of nitrogens with one attached hydrogen (secondary N) is 2. The van der Waals surface area contributed by atoms with E-state index in [4.69, 9.17) is 0 Å². The number of amides is 1. The summed E-state index contributed by atoms with van der Waals surface area (Å²) in [5, 5.41) is 15.6. The molecule has 0 saturated heterocycles. The van der Waals surface area contributed by atoms with Gasteiger partial charge in [-0.25, -0.2) is 0 Å². The van der Waals surface area contributed by atoms with Crippen LogP contribution in [-0.2, 0) is 11.2 Å². The minimum atomic E-state index is 0.212. The number of rotatable bonds is 8. The molecule has 1 atom stereocenters. The van der Waals surface area contributed by atoms with Crippen LogP contribution in [0.1, 0.15) is 31.7 Å². The number of phenols is 1. The number of phenolic OH excluding ortho intramolecular Hbond substituents is 1. The molecule has 0 spiro atoms. The zero-order valence-electron chi connectivity index (χ0n) is 12.1. The summed E-state index contributed by atoms with van der Waals surface area (Å²) in [6.07, 6.45) is 4.15. The Bertz CT molecular complexity index is 427. The van der Waals surface area contributed by atoms with Crippen molar-refractivity contribution in [1.29, 1.82) is 0 Å². The fourth-order valence-corrected chi connectivity index (χ4v) is 2.14. The third-order valence-corrected chi connectivity index (χ3v) is 3.67. The van der Waals surface area contributed by atoms with E-state index in [9.17, 15) is 9.90 Å². The van der Waals surface area contributed by atoms with E-state index < -0.39 is 0 Å². The number of hydrogen-bond acceptors (Lipinski definition) is 3. The second-order valence-corrected chi connectivity index (χ2v) is 5.63. The van der Waals surface area contributed by atoms with E-state index in [1.165, 1.54) is 5.56 Å². The number of carbonyl (C=O) groups excluding carboxylic acids is 1. The molecule has 1 fully saturated rings. The Morgan fingerprint density at radius 3 is 2.65 bits per heavy atom. The van der Waals surface area contributed by atoms with Crippen LogP contribution >= 0.6 is 0 Å². The van der Waals surface area contributed by atoms with Crippen molar-refractivity contribution in [2.75, 3.05) is 13.1 Å². The van der Waals surface area contributed by atoms with E-state index in [0.717, 1.165) is 32.2 Å². The van der Waals surface area contributed by atoms with Crippen molar-refractivity contribution in [3.63, 3.8) is 0 Å². The Balaban J connectivity index is 1.54. The third kappa shape index (κ3) is 5.21. The third-order valence-electron chi connectivity index (χ3n) is 3.67. The first-order valence-corrected chi connectivity index (χ1v) is 7.44. The molecule has 3 N–H and O–H groups in total. The second kappa shape index (κ2) is 7.29. The molecular formula is C16H24N2O2. The minimum Gasteiger partial charge on any atom is -0.508 e. The molecule has 4 heteroatoms. The summed E-state index contributed by atoms with van der Waals surface area (Å²) in [4.78, 5) is 11.4. The zero-order chi connectivity index (χ0) is 14.4. The van der Waals surface area contributed by atoms with Crippen LogP contribution in [0, 0.1) is 5.92 Å². The molecule has 1 aromatic rings. The maximum Gasteiger partial charge on any atom is 0.223 e. The van der Waals surface area contributed by atoms with Gasteiger partial charge in [0.2, 0.25) is 5.91 Å². The summed E-state index contributed by atoms with van der Waals surface area (Å²) in [7, 11) is 0. The van der Waals surface area contributed by atoms with Crippen LogP contribution in [0.25, 0.3) is 0 Å². The molecule has 110 valence electrons. The van der Waals surface area contributed by atoms with Crippen LogP contribution in [-0.4, -0.2) is 30.1 Å². The number of carbonyl (C=O) groups is 1. The standard InChI is InChI=1S/C16H24N2O2/c1-12(2-3-13-4-8-15(19)9-5-13)17-10-11-18-16(20)14-6-7-14/h4-5,8-9,12,14,17,19H,2-3,6-7,10-11H2,1H3,(H,18,20). The van der Waals surface area contributed by atoms with Crippen molar-refractivity contribution >= 4 is 5.91 Å². The van der Waals surface area contributed by atoms with Gasteiger partial charge in [0.15, 0.2) is 0 Å². The molecule has 20 heavy (non-hydrogen) atoms. The molecule has 1 amide bonds. The lowest BCUT2D eigenvalue weighted by atomic mass is 10.1. The van der Waals surface area contributed by atoms with Crippen LogP contribution in [0.4, 0.5) is 0 Å². The lowest BCUT2D eigenvalue weighted by Gasteiger charge is -2.14. The highest BCUT2D eigenvalue weighted by atomic mass is 16.3. The van der Waals surface area contributed by atoms with Crippen LogP contribution < -0.4 is 10.6 Å². The van der Waals surface area contributed by atoms with Crippen molar-refractivity contribution in [1.82, 2.24) is 10.6 Å². The maximum absolute atomic E-state index is 11.4.